The predicted molar refractivity (Wildman–Crippen MR) is 71.0 cm³/mol. The van der Waals surface area contributed by atoms with Crippen LogP contribution in [-0.2, 0) is 24.6 Å². The predicted octanol–water partition coefficient (Wildman–Crippen LogP) is 0.926. The number of hydrogen-bond acceptors (Lipinski definition) is 4. The summed E-state index contributed by atoms with van der Waals surface area (Å²) in [6.45, 7) is 2.98. The molecular weight excluding hydrogens is 228 g/mol. The molecule has 1 aromatic rings. The molecular formula is C13H24N4O. The summed E-state index contributed by atoms with van der Waals surface area (Å²) >= 11 is 0. The molecule has 1 fully saturated rings. The van der Waals surface area contributed by atoms with Crippen molar-refractivity contribution in [3.63, 3.8) is 0 Å². The lowest BCUT2D eigenvalue weighted by molar-refractivity contribution is -0.00778. The fourth-order valence-electron chi connectivity index (χ4n) is 2.54. The lowest BCUT2D eigenvalue weighted by atomic mass is 9.98. The molecule has 0 aliphatic carbocycles. The van der Waals surface area contributed by atoms with E-state index in [0.717, 1.165) is 31.6 Å². The van der Waals surface area contributed by atoms with Gasteiger partial charge in [0.25, 0.3) is 0 Å². The highest BCUT2D eigenvalue weighted by atomic mass is 16.5. The van der Waals surface area contributed by atoms with Crippen molar-refractivity contribution >= 4 is 0 Å². The van der Waals surface area contributed by atoms with Crippen LogP contribution in [0.25, 0.3) is 0 Å². The van der Waals surface area contributed by atoms with Gasteiger partial charge in [0.15, 0.2) is 0 Å². The molecule has 18 heavy (non-hydrogen) atoms. The van der Waals surface area contributed by atoms with Gasteiger partial charge < -0.3 is 4.74 Å². The van der Waals surface area contributed by atoms with Crippen LogP contribution in [0.3, 0.4) is 0 Å². The van der Waals surface area contributed by atoms with E-state index >= 15 is 0 Å². The van der Waals surface area contributed by atoms with Crippen molar-refractivity contribution in [3.8, 4) is 0 Å². The number of aryl methyl sites for hydroxylation is 2. The second-order valence-corrected chi connectivity index (χ2v) is 4.99. The van der Waals surface area contributed by atoms with Gasteiger partial charge in [-0.05, 0) is 31.7 Å². The van der Waals surface area contributed by atoms with Crippen LogP contribution in [-0.4, -0.2) is 28.5 Å². The van der Waals surface area contributed by atoms with Gasteiger partial charge in [-0.1, -0.05) is 6.92 Å². The van der Waals surface area contributed by atoms with Crippen LogP contribution < -0.4 is 11.3 Å². The Morgan fingerprint density at radius 3 is 3.00 bits per heavy atom. The van der Waals surface area contributed by atoms with E-state index in [-0.39, 0.29) is 12.1 Å². The Labute approximate surface area is 109 Å². The number of ether oxygens (including phenoxy) is 1. The average molecular weight is 252 g/mol. The van der Waals surface area contributed by atoms with E-state index < -0.39 is 0 Å². The van der Waals surface area contributed by atoms with Crippen molar-refractivity contribution in [1.29, 1.82) is 0 Å². The smallest absolute Gasteiger partial charge is 0.0745 e. The highest BCUT2D eigenvalue weighted by Crippen LogP contribution is 2.18. The van der Waals surface area contributed by atoms with Crippen LogP contribution in [0.15, 0.2) is 6.07 Å². The standard InChI is InChI=1S/C13H24N4O/c1-3-10-8-11(17(2)16-10)9-12(15-14)13-6-4-5-7-18-13/h8,12-13,15H,3-7,9,14H2,1-2H3. The highest BCUT2D eigenvalue weighted by Gasteiger charge is 2.24. The maximum atomic E-state index is 5.80. The molecule has 2 unspecified atom stereocenters. The van der Waals surface area contributed by atoms with Gasteiger partial charge in [0.1, 0.15) is 0 Å². The SMILES string of the molecule is CCc1cc(CC(NN)C2CCCCO2)n(C)n1. The molecule has 0 aromatic carbocycles. The molecule has 1 aliphatic heterocycles. The van der Waals surface area contributed by atoms with Crippen molar-refractivity contribution in [1.82, 2.24) is 15.2 Å². The Balaban J connectivity index is 2.02. The number of nitrogens with one attached hydrogen (secondary N) is 1. The van der Waals surface area contributed by atoms with E-state index in [1.54, 1.807) is 0 Å². The van der Waals surface area contributed by atoms with Gasteiger partial charge in [0, 0.05) is 25.8 Å². The van der Waals surface area contributed by atoms with Crippen LogP contribution in [0, 0.1) is 0 Å². The second-order valence-electron chi connectivity index (χ2n) is 4.99. The number of hydrogen-bond donors (Lipinski definition) is 2. The molecule has 1 aliphatic rings. The summed E-state index contributed by atoms with van der Waals surface area (Å²) in [5.74, 6) is 5.68. The summed E-state index contributed by atoms with van der Waals surface area (Å²) in [7, 11) is 1.99. The van der Waals surface area contributed by atoms with Gasteiger partial charge in [-0.15, -0.1) is 0 Å². The molecule has 0 bridgehead atoms. The van der Waals surface area contributed by atoms with E-state index in [2.05, 4.69) is 23.5 Å². The minimum atomic E-state index is 0.172. The summed E-state index contributed by atoms with van der Waals surface area (Å²) in [5.41, 5.74) is 5.25. The van der Waals surface area contributed by atoms with Crippen LogP contribution >= 0.6 is 0 Å². The number of hydrazine groups is 1. The van der Waals surface area contributed by atoms with E-state index in [0.29, 0.717) is 0 Å². The summed E-state index contributed by atoms with van der Waals surface area (Å²) in [4.78, 5) is 0. The summed E-state index contributed by atoms with van der Waals surface area (Å²) in [6, 6.07) is 2.33. The van der Waals surface area contributed by atoms with E-state index in [1.165, 1.54) is 18.5 Å². The van der Waals surface area contributed by atoms with Gasteiger partial charge in [-0.2, -0.15) is 5.10 Å². The fourth-order valence-corrected chi connectivity index (χ4v) is 2.54. The molecule has 2 rings (SSSR count). The molecule has 0 amide bonds. The third-order valence-corrected chi connectivity index (χ3v) is 3.70. The number of nitrogens with two attached hydrogens (primary N) is 1. The third kappa shape index (κ3) is 3.10. The van der Waals surface area contributed by atoms with Crippen molar-refractivity contribution in [3.05, 3.63) is 17.5 Å². The first-order valence-corrected chi connectivity index (χ1v) is 6.84. The zero-order valence-corrected chi connectivity index (χ0v) is 11.4. The van der Waals surface area contributed by atoms with Crippen LogP contribution in [0.4, 0.5) is 0 Å². The zero-order chi connectivity index (χ0) is 13.0. The van der Waals surface area contributed by atoms with E-state index in [1.807, 2.05) is 11.7 Å². The molecule has 0 saturated carbocycles. The Kier molecular flexibility index (Phi) is 4.74. The topological polar surface area (TPSA) is 65.1 Å². The number of rotatable bonds is 5. The molecule has 5 nitrogen and oxygen atoms in total. The van der Waals surface area contributed by atoms with Crippen molar-refractivity contribution in [2.24, 2.45) is 12.9 Å². The maximum Gasteiger partial charge on any atom is 0.0745 e. The first-order chi connectivity index (χ1) is 8.74. The van der Waals surface area contributed by atoms with Crippen LogP contribution in [0.1, 0.15) is 37.6 Å². The van der Waals surface area contributed by atoms with Crippen molar-refractivity contribution in [2.75, 3.05) is 6.61 Å². The second kappa shape index (κ2) is 6.31. The van der Waals surface area contributed by atoms with Crippen LogP contribution in [0.2, 0.25) is 0 Å². The van der Waals surface area contributed by atoms with E-state index in [9.17, 15) is 0 Å². The fraction of sp³-hybridized carbons (Fsp3) is 0.769. The minimum absolute atomic E-state index is 0.172. The maximum absolute atomic E-state index is 5.80. The number of aromatic nitrogens is 2. The monoisotopic (exact) mass is 252 g/mol. The summed E-state index contributed by atoms with van der Waals surface area (Å²) in [5, 5.41) is 4.47. The largest absolute Gasteiger partial charge is 0.377 e. The quantitative estimate of drug-likeness (QED) is 0.604. The minimum Gasteiger partial charge on any atom is -0.377 e. The molecule has 0 radical (unpaired) electrons. The molecule has 2 heterocycles. The van der Waals surface area contributed by atoms with Crippen LogP contribution in [0.5, 0.6) is 0 Å². The molecule has 1 aromatic heterocycles. The zero-order valence-electron chi connectivity index (χ0n) is 11.4. The van der Waals surface area contributed by atoms with Gasteiger partial charge in [0.05, 0.1) is 17.8 Å². The molecule has 0 spiro atoms. The molecule has 102 valence electrons. The Bertz CT molecular complexity index is 371. The Hall–Kier alpha value is -0.910. The number of nitrogens with zero attached hydrogens (tertiary/aromatic N) is 2. The lowest BCUT2D eigenvalue weighted by Gasteiger charge is -2.30. The Morgan fingerprint density at radius 1 is 1.61 bits per heavy atom. The van der Waals surface area contributed by atoms with Crippen molar-refractivity contribution in [2.45, 2.75) is 51.2 Å². The highest BCUT2D eigenvalue weighted by molar-refractivity contribution is 5.12. The first-order valence-electron chi connectivity index (χ1n) is 6.84. The lowest BCUT2D eigenvalue weighted by Crippen LogP contribution is -2.48. The van der Waals surface area contributed by atoms with Gasteiger partial charge in [0.2, 0.25) is 0 Å². The molecule has 5 heteroatoms. The average Bonchev–Trinajstić information content (AvgIpc) is 2.77. The molecule has 1 saturated heterocycles. The van der Waals surface area contributed by atoms with Gasteiger partial charge in [-0.25, -0.2) is 0 Å². The Morgan fingerprint density at radius 2 is 2.44 bits per heavy atom. The molecule has 2 atom stereocenters. The van der Waals surface area contributed by atoms with E-state index in [4.69, 9.17) is 10.6 Å². The molecule has 3 N–H and O–H groups in total. The third-order valence-electron chi connectivity index (χ3n) is 3.70. The normalized spacial score (nSPS) is 22.1. The summed E-state index contributed by atoms with van der Waals surface area (Å²) in [6.07, 6.45) is 5.55. The summed E-state index contributed by atoms with van der Waals surface area (Å²) < 4.78 is 7.75. The first kappa shape index (κ1) is 13.5. The van der Waals surface area contributed by atoms with Crippen molar-refractivity contribution < 1.29 is 4.74 Å². The van der Waals surface area contributed by atoms with Gasteiger partial charge in [-0.3, -0.25) is 16.0 Å². The van der Waals surface area contributed by atoms with Gasteiger partial charge >= 0.3 is 0 Å².